The number of carbonyl (C=O) groups is 2. The second-order valence-electron chi connectivity index (χ2n) is 4.30. The molecule has 20 heavy (non-hydrogen) atoms. The second-order valence-corrected chi connectivity index (χ2v) is 4.30. The molecule has 2 aromatic rings. The Morgan fingerprint density at radius 3 is 2.30 bits per heavy atom. The first-order valence-electron chi connectivity index (χ1n) is 6.28. The highest BCUT2D eigenvalue weighted by Gasteiger charge is 2.17. The predicted molar refractivity (Wildman–Crippen MR) is 74.7 cm³/mol. The molecule has 0 aliphatic heterocycles. The molecule has 1 N–H and O–H groups in total. The average Bonchev–Trinajstić information content (AvgIpc) is 3.00. The molecule has 0 fully saturated rings. The Balaban J connectivity index is 2.06. The van der Waals surface area contributed by atoms with E-state index in [1.807, 2.05) is 41.2 Å². The molecule has 104 valence electrons. The Bertz CT molecular complexity index is 588. The van der Waals surface area contributed by atoms with Crippen molar-refractivity contribution < 1.29 is 14.3 Å². The van der Waals surface area contributed by atoms with Crippen molar-refractivity contribution in [3.8, 4) is 5.69 Å². The molecule has 0 saturated heterocycles. The lowest BCUT2D eigenvalue weighted by molar-refractivity contribution is -0.128. The first kappa shape index (κ1) is 13.9. The number of carbonyl (C=O) groups excluding carboxylic acids is 2. The van der Waals surface area contributed by atoms with Crippen molar-refractivity contribution in [3.05, 3.63) is 54.4 Å². The Labute approximate surface area is 117 Å². The van der Waals surface area contributed by atoms with Crippen LogP contribution in [0.5, 0.6) is 0 Å². The summed E-state index contributed by atoms with van der Waals surface area (Å²) >= 11 is 0. The van der Waals surface area contributed by atoms with E-state index >= 15 is 0 Å². The molecule has 0 radical (unpaired) electrons. The summed E-state index contributed by atoms with van der Waals surface area (Å²) in [6.07, 6.45) is 3.03. The van der Waals surface area contributed by atoms with Gasteiger partial charge in [-0.05, 0) is 43.3 Å². The third-order valence-electron chi connectivity index (χ3n) is 2.91. The maximum absolute atomic E-state index is 11.9. The van der Waals surface area contributed by atoms with E-state index in [4.69, 9.17) is 4.74 Å². The maximum Gasteiger partial charge on any atom is 0.338 e. The monoisotopic (exact) mass is 272 g/mol. The second kappa shape index (κ2) is 6.06. The van der Waals surface area contributed by atoms with Crippen molar-refractivity contribution >= 4 is 11.9 Å². The Morgan fingerprint density at radius 1 is 1.15 bits per heavy atom. The van der Waals surface area contributed by atoms with Gasteiger partial charge in [-0.1, -0.05) is 0 Å². The fraction of sp³-hybridized carbons (Fsp3) is 0.200. The molecule has 0 spiro atoms. The molecule has 1 heterocycles. The van der Waals surface area contributed by atoms with Crippen molar-refractivity contribution in [2.75, 3.05) is 7.05 Å². The van der Waals surface area contributed by atoms with Gasteiger partial charge in [0.1, 0.15) is 0 Å². The van der Waals surface area contributed by atoms with Crippen LogP contribution in [0.3, 0.4) is 0 Å². The van der Waals surface area contributed by atoms with E-state index in [-0.39, 0.29) is 5.91 Å². The summed E-state index contributed by atoms with van der Waals surface area (Å²) in [7, 11) is 1.50. The van der Waals surface area contributed by atoms with E-state index in [9.17, 15) is 9.59 Å². The van der Waals surface area contributed by atoms with Crippen LogP contribution in [0.4, 0.5) is 0 Å². The van der Waals surface area contributed by atoms with Gasteiger partial charge < -0.3 is 14.6 Å². The smallest absolute Gasteiger partial charge is 0.338 e. The standard InChI is InChI=1S/C15H16N2O3/c1-11(14(18)16-2)20-15(19)12-5-7-13(8-6-12)17-9-3-4-10-17/h3-11H,1-2H3,(H,16,18). The van der Waals surface area contributed by atoms with Gasteiger partial charge in [0.05, 0.1) is 5.56 Å². The summed E-state index contributed by atoms with van der Waals surface area (Å²) in [6, 6.07) is 10.8. The van der Waals surface area contributed by atoms with Crippen molar-refractivity contribution in [2.45, 2.75) is 13.0 Å². The van der Waals surface area contributed by atoms with Crippen LogP contribution in [-0.4, -0.2) is 29.6 Å². The zero-order valence-corrected chi connectivity index (χ0v) is 11.4. The van der Waals surface area contributed by atoms with Crippen LogP contribution in [0.15, 0.2) is 48.8 Å². The van der Waals surface area contributed by atoms with Gasteiger partial charge in [0.2, 0.25) is 0 Å². The minimum Gasteiger partial charge on any atom is -0.449 e. The summed E-state index contributed by atoms with van der Waals surface area (Å²) in [4.78, 5) is 23.2. The van der Waals surface area contributed by atoms with Gasteiger partial charge in [0.25, 0.3) is 5.91 Å². The van der Waals surface area contributed by atoms with Crippen LogP contribution in [0, 0.1) is 0 Å². The number of nitrogens with zero attached hydrogens (tertiary/aromatic N) is 1. The van der Waals surface area contributed by atoms with Crippen molar-refractivity contribution in [1.29, 1.82) is 0 Å². The van der Waals surface area contributed by atoms with Crippen LogP contribution in [0.2, 0.25) is 0 Å². The van der Waals surface area contributed by atoms with Gasteiger partial charge in [-0.15, -0.1) is 0 Å². The molecule has 1 unspecified atom stereocenters. The number of rotatable bonds is 4. The number of hydrogen-bond donors (Lipinski definition) is 1. The van der Waals surface area contributed by atoms with E-state index in [1.54, 1.807) is 12.1 Å². The zero-order valence-electron chi connectivity index (χ0n) is 11.4. The molecule has 1 aromatic heterocycles. The SMILES string of the molecule is CNC(=O)C(C)OC(=O)c1ccc(-n2cccc2)cc1. The molecule has 0 saturated carbocycles. The van der Waals surface area contributed by atoms with Gasteiger partial charge in [0, 0.05) is 25.1 Å². The molecule has 1 amide bonds. The average molecular weight is 272 g/mol. The van der Waals surface area contributed by atoms with Gasteiger partial charge >= 0.3 is 5.97 Å². The summed E-state index contributed by atoms with van der Waals surface area (Å²) < 4.78 is 6.99. The van der Waals surface area contributed by atoms with Gasteiger partial charge in [0.15, 0.2) is 6.10 Å². The maximum atomic E-state index is 11.9. The lowest BCUT2D eigenvalue weighted by Crippen LogP contribution is -2.33. The fourth-order valence-electron chi connectivity index (χ4n) is 1.76. The number of amides is 1. The Kier molecular flexibility index (Phi) is 4.20. The number of aromatic nitrogens is 1. The van der Waals surface area contributed by atoms with Gasteiger partial charge in [-0.25, -0.2) is 4.79 Å². The molecule has 2 rings (SSSR count). The third kappa shape index (κ3) is 3.06. The van der Waals surface area contributed by atoms with Crippen molar-refractivity contribution in [3.63, 3.8) is 0 Å². The third-order valence-corrected chi connectivity index (χ3v) is 2.91. The summed E-state index contributed by atoms with van der Waals surface area (Å²) in [5, 5.41) is 2.43. The van der Waals surface area contributed by atoms with Crippen LogP contribution in [0.25, 0.3) is 5.69 Å². The highest BCUT2D eigenvalue weighted by Crippen LogP contribution is 2.11. The topological polar surface area (TPSA) is 60.3 Å². The van der Waals surface area contributed by atoms with Crippen LogP contribution in [-0.2, 0) is 9.53 Å². The number of hydrogen-bond acceptors (Lipinski definition) is 3. The van der Waals surface area contributed by atoms with Crippen molar-refractivity contribution in [1.82, 2.24) is 9.88 Å². The molecule has 0 aliphatic carbocycles. The first-order chi connectivity index (χ1) is 9.61. The summed E-state index contributed by atoms with van der Waals surface area (Å²) in [5.41, 5.74) is 1.36. The molecule has 5 nitrogen and oxygen atoms in total. The highest BCUT2D eigenvalue weighted by molar-refractivity contribution is 5.92. The molecular weight excluding hydrogens is 256 g/mol. The van der Waals surface area contributed by atoms with Crippen LogP contribution < -0.4 is 5.32 Å². The number of likely N-dealkylation sites (N-methyl/N-ethyl adjacent to an activating group) is 1. The van der Waals surface area contributed by atoms with Gasteiger partial charge in [-0.3, -0.25) is 4.79 Å². The van der Waals surface area contributed by atoms with Crippen LogP contribution >= 0.6 is 0 Å². The lowest BCUT2D eigenvalue weighted by atomic mass is 10.2. The summed E-state index contributed by atoms with van der Waals surface area (Å²) in [5.74, 6) is -0.845. The first-order valence-corrected chi connectivity index (χ1v) is 6.28. The molecular formula is C15H16N2O3. The molecule has 5 heteroatoms. The minimum absolute atomic E-state index is 0.331. The lowest BCUT2D eigenvalue weighted by Gasteiger charge is -2.11. The Morgan fingerprint density at radius 2 is 1.75 bits per heavy atom. The molecule has 1 aromatic carbocycles. The Hall–Kier alpha value is -2.56. The van der Waals surface area contributed by atoms with E-state index < -0.39 is 12.1 Å². The van der Waals surface area contributed by atoms with E-state index in [2.05, 4.69) is 5.32 Å². The quantitative estimate of drug-likeness (QED) is 0.863. The largest absolute Gasteiger partial charge is 0.449 e. The molecule has 0 aliphatic rings. The van der Waals surface area contributed by atoms with Crippen LogP contribution in [0.1, 0.15) is 17.3 Å². The molecule has 0 bridgehead atoms. The van der Waals surface area contributed by atoms with Crippen molar-refractivity contribution in [2.24, 2.45) is 0 Å². The number of benzene rings is 1. The number of nitrogens with one attached hydrogen (secondary N) is 1. The molecule has 1 atom stereocenters. The fourth-order valence-corrected chi connectivity index (χ4v) is 1.76. The predicted octanol–water partition coefficient (Wildman–Crippen LogP) is 1.77. The van der Waals surface area contributed by atoms with E-state index in [1.165, 1.54) is 14.0 Å². The minimum atomic E-state index is -0.809. The number of esters is 1. The van der Waals surface area contributed by atoms with E-state index in [0.717, 1.165) is 5.69 Å². The normalized spacial score (nSPS) is 11.7. The van der Waals surface area contributed by atoms with E-state index in [0.29, 0.717) is 5.56 Å². The highest BCUT2D eigenvalue weighted by atomic mass is 16.5. The zero-order chi connectivity index (χ0) is 14.5. The van der Waals surface area contributed by atoms with Gasteiger partial charge in [-0.2, -0.15) is 0 Å². The summed E-state index contributed by atoms with van der Waals surface area (Å²) in [6.45, 7) is 1.53. The number of ether oxygens (including phenoxy) is 1.